The average molecular weight is 771 g/mol. The summed E-state index contributed by atoms with van der Waals surface area (Å²) in [5.41, 5.74) is 6.79. The van der Waals surface area contributed by atoms with Crippen molar-refractivity contribution in [3.63, 3.8) is 0 Å². The van der Waals surface area contributed by atoms with Crippen molar-refractivity contribution in [1.82, 2.24) is 30.5 Å². The number of carbonyl (C=O) groups excluding carboxylic acids is 1. The Kier molecular flexibility index (Phi) is 10.4. The van der Waals surface area contributed by atoms with Crippen molar-refractivity contribution in [3.8, 4) is 22.4 Å². The third kappa shape index (κ3) is 7.37. The quantitative estimate of drug-likeness (QED) is 0.0991. The number of rotatable bonds is 12. The summed E-state index contributed by atoms with van der Waals surface area (Å²) in [5.74, 6) is -0.180. The van der Waals surface area contributed by atoms with Gasteiger partial charge in [-0.3, -0.25) is 19.5 Å². The summed E-state index contributed by atoms with van der Waals surface area (Å²) < 4.78 is 1.02. The van der Waals surface area contributed by atoms with Crippen LogP contribution in [0.4, 0.5) is 11.5 Å². The van der Waals surface area contributed by atoms with Crippen molar-refractivity contribution in [3.05, 3.63) is 87.1 Å². The molecule has 3 aliphatic heterocycles. The molecule has 0 radical (unpaired) electrons. The number of aliphatic carboxylic acids is 1. The number of amides is 1. The molecule has 4 N–H and O–H groups in total. The summed E-state index contributed by atoms with van der Waals surface area (Å²) in [5, 5.41) is 21.6. The molecule has 0 aliphatic carbocycles. The van der Waals surface area contributed by atoms with E-state index in [1.165, 1.54) is 0 Å². The Morgan fingerprint density at radius 3 is 2.47 bits per heavy atom. The van der Waals surface area contributed by atoms with E-state index < -0.39 is 5.97 Å². The van der Waals surface area contributed by atoms with Gasteiger partial charge in [-0.1, -0.05) is 66.5 Å². The normalized spacial score (nSPS) is 21.3. The molecule has 4 atom stereocenters. The van der Waals surface area contributed by atoms with E-state index in [0.29, 0.717) is 53.9 Å². The van der Waals surface area contributed by atoms with Gasteiger partial charge in [0, 0.05) is 66.2 Å². The molecule has 3 aliphatic rings. The van der Waals surface area contributed by atoms with E-state index in [0.717, 1.165) is 81.1 Å². The fraction of sp³-hybridized carbons (Fsp3) is 0.375. The van der Waals surface area contributed by atoms with Crippen LogP contribution in [0.1, 0.15) is 61.7 Å². The summed E-state index contributed by atoms with van der Waals surface area (Å²) in [4.78, 5) is 40.4. The van der Waals surface area contributed by atoms with Crippen molar-refractivity contribution in [1.29, 1.82) is 0 Å². The van der Waals surface area contributed by atoms with Gasteiger partial charge in [0.1, 0.15) is 10.5 Å². The van der Waals surface area contributed by atoms with E-state index in [1.54, 1.807) is 17.5 Å². The lowest BCUT2D eigenvalue weighted by Crippen LogP contribution is -2.44. The van der Waals surface area contributed by atoms with Crippen LogP contribution >= 0.6 is 34.5 Å². The molecule has 0 spiro atoms. The van der Waals surface area contributed by atoms with Crippen LogP contribution in [0.5, 0.6) is 0 Å². The number of carbonyl (C=O) groups is 2. The van der Waals surface area contributed by atoms with Crippen LogP contribution < -0.4 is 16.0 Å². The monoisotopic (exact) mass is 769 g/mol. The third-order valence-electron chi connectivity index (χ3n) is 10.9. The second kappa shape index (κ2) is 15.3. The van der Waals surface area contributed by atoms with Gasteiger partial charge in [0.2, 0.25) is 5.91 Å². The average Bonchev–Trinajstić information content (AvgIpc) is 3.83. The maximum Gasteiger partial charge on any atom is 0.306 e. The number of halogens is 2. The van der Waals surface area contributed by atoms with Crippen molar-refractivity contribution in [2.45, 2.75) is 83.1 Å². The highest BCUT2D eigenvalue weighted by Gasteiger charge is 2.43. The molecule has 274 valence electrons. The predicted molar refractivity (Wildman–Crippen MR) is 211 cm³/mol. The number of carboxylic acid groups (broad SMARTS) is 1. The SMILES string of the molecule is CCc1nc(-c2cccc(-c3cccc(Nc4nccc5sc(CN6[C@@H]7CC[C@H]6CC(C(=O)O)C7)nc45)c3Cl)c2Cl)ccc1CNC[C@@H]1CCC(=O)N1. The minimum Gasteiger partial charge on any atom is -0.481 e. The molecule has 1 unspecified atom stereocenters. The van der Waals surface area contributed by atoms with E-state index in [4.69, 9.17) is 33.2 Å². The Morgan fingerprint density at radius 2 is 1.74 bits per heavy atom. The highest BCUT2D eigenvalue weighted by Crippen LogP contribution is 2.43. The number of anilines is 2. The van der Waals surface area contributed by atoms with E-state index >= 15 is 0 Å². The number of hydrogen-bond donors (Lipinski definition) is 4. The lowest BCUT2D eigenvalue weighted by Gasteiger charge is -2.36. The van der Waals surface area contributed by atoms with Crippen LogP contribution in [0.2, 0.25) is 10.0 Å². The molecule has 8 rings (SSSR count). The highest BCUT2D eigenvalue weighted by atomic mass is 35.5. The van der Waals surface area contributed by atoms with Gasteiger partial charge >= 0.3 is 5.97 Å². The molecule has 5 aromatic rings. The van der Waals surface area contributed by atoms with Crippen LogP contribution in [0.15, 0.2) is 60.8 Å². The summed E-state index contributed by atoms with van der Waals surface area (Å²) in [6, 6.07) is 18.6. The first kappa shape index (κ1) is 35.9. The number of piperidine rings is 1. The first-order valence-corrected chi connectivity index (χ1v) is 19.9. The third-order valence-corrected chi connectivity index (χ3v) is 12.7. The molecule has 13 heteroatoms. The number of benzene rings is 2. The summed E-state index contributed by atoms with van der Waals surface area (Å²) in [7, 11) is 0. The number of pyridine rings is 2. The molecule has 3 fully saturated rings. The molecule has 3 aromatic heterocycles. The number of carboxylic acids is 1. The number of aryl methyl sites for hydroxylation is 1. The Bertz CT molecular complexity index is 2180. The maximum absolute atomic E-state index is 11.7. The smallest absolute Gasteiger partial charge is 0.306 e. The van der Waals surface area contributed by atoms with Gasteiger partial charge in [-0.25, -0.2) is 9.97 Å². The lowest BCUT2D eigenvalue weighted by molar-refractivity contribution is -0.144. The van der Waals surface area contributed by atoms with Gasteiger partial charge in [0.25, 0.3) is 0 Å². The van der Waals surface area contributed by atoms with Gasteiger partial charge in [0.15, 0.2) is 5.82 Å². The molecule has 2 aromatic carbocycles. The standard InChI is InChI=1S/C40H41Cl2N7O3S/c1-2-30-22(19-43-20-24-10-14-34(50)45-24)9-13-31(46-30)29-7-3-5-27(36(29)41)28-6-4-8-32(37(28)42)47-39-38-33(15-16-44-39)53-35(48-38)21-49-25-11-12-26(49)18-23(17-25)40(51)52/h3-9,13,15-16,23-26,43H,2,10-12,14,17-21H2,1H3,(H,44,47)(H,45,50)(H,51,52)/t23?,24-,25-,26+/m0/s1. The summed E-state index contributed by atoms with van der Waals surface area (Å²) in [6.45, 7) is 4.21. The first-order valence-electron chi connectivity index (χ1n) is 18.3. The van der Waals surface area contributed by atoms with E-state index in [2.05, 4.69) is 38.8 Å². The Labute approximate surface area is 322 Å². The van der Waals surface area contributed by atoms with Gasteiger partial charge in [-0.2, -0.15) is 0 Å². The molecule has 53 heavy (non-hydrogen) atoms. The summed E-state index contributed by atoms with van der Waals surface area (Å²) >= 11 is 15.9. The Balaban J connectivity index is 1.01. The summed E-state index contributed by atoms with van der Waals surface area (Å²) in [6.07, 6.45) is 7.50. The minimum atomic E-state index is -0.674. The molecule has 3 saturated heterocycles. The number of nitrogens with zero attached hydrogens (tertiary/aromatic N) is 4. The predicted octanol–water partition coefficient (Wildman–Crippen LogP) is 8.23. The van der Waals surface area contributed by atoms with Crippen LogP contribution in [0.3, 0.4) is 0 Å². The van der Waals surface area contributed by atoms with Crippen LogP contribution in [-0.4, -0.2) is 61.5 Å². The molecule has 0 saturated carbocycles. The number of hydrogen-bond acceptors (Lipinski definition) is 9. The molecule has 10 nitrogen and oxygen atoms in total. The fourth-order valence-electron chi connectivity index (χ4n) is 8.21. The van der Waals surface area contributed by atoms with Crippen LogP contribution in [-0.2, 0) is 29.1 Å². The Hall–Kier alpha value is -4.13. The topological polar surface area (TPSA) is 132 Å². The molecule has 1 amide bonds. The zero-order valence-electron chi connectivity index (χ0n) is 29.4. The fourth-order valence-corrected chi connectivity index (χ4v) is 9.78. The van der Waals surface area contributed by atoms with E-state index in [1.807, 2.05) is 48.5 Å². The van der Waals surface area contributed by atoms with E-state index in [-0.39, 0.29) is 30.0 Å². The Morgan fingerprint density at radius 1 is 0.981 bits per heavy atom. The second-order valence-corrected chi connectivity index (χ2v) is 16.1. The minimum absolute atomic E-state index is 0.121. The van der Waals surface area contributed by atoms with Gasteiger partial charge in [0.05, 0.1) is 38.6 Å². The van der Waals surface area contributed by atoms with E-state index in [9.17, 15) is 14.7 Å². The zero-order chi connectivity index (χ0) is 36.6. The second-order valence-electron chi connectivity index (χ2n) is 14.2. The van der Waals surface area contributed by atoms with Gasteiger partial charge in [-0.05, 0) is 62.3 Å². The largest absolute Gasteiger partial charge is 0.481 e. The zero-order valence-corrected chi connectivity index (χ0v) is 31.7. The highest BCUT2D eigenvalue weighted by molar-refractivity contribution is 7.18. The van der Waals surface area contributed by atoms with Crippen molar-refractivity contribution >= 4 is 68.1 Å². The lowest BCUT2D eigenvalue weighted by atomic mass is 9.91. The number of aromatic nitrogens is 3. The number of fused-ring (bicyclic) bond motifs is 3. The molecule has 2 bridgehead atoms. The van der Waals surface area contributed by atoms with Gasteiger partial charge in [-0.15, -0.1) is 11.3 Å². The number of nitrogens with one attached hydrogen (secondary N) is 3. The number of thiazole rings is 1. The van der Waals surface area contributed by atoms with Crippen molar-refractivity contribution in [2.75, 3.05) is 11.9 Å². The van der Waals surface area contributed by atoms with Crippen molar-refractivity contribution < 1.29 is 14.7 Å². The molecular weight excluding hydrogens is 729 g/mol. The van der Waals surface area contributed by atoms with Crippen LogP contribution in [0, 0.1) is 5.92 Å². The molecular formula is C40H41Cl2N7O3S. The first-order chi connectivity index (χ1) is 25.7. The van der Waals surface area contributed by atoms with Crippen LogP contribution in [0.25, 0.3) is 32.6 Å². The van der Waals surface area contributed by atoms with Crippen molar-refractivity contribution in [2.24, 2.45) is 5.92 Å². The maximum atomic E-state index is 11.7. The van der Waals surface area contributed by atoms with Gasteiger partial charge < -0.3 is 21.1 Å². The molecule has 6 heterocycles.